The Bertz CT molecular complexity index is 1060. The molecule has 20 heteroatoms. The van der Waals surface area contributed by atoms with E-state index in [1.54, 1.807) is 0 Å². The van der Waals surface area contributed by atoms with Crippen molar-refractivity contribution in [3.8, 4) is 0 Å². The van der Waals surface area contributed by atoms with Crippen molar-refractivity contribution in [1.82, 2.24) is 0 Å². The molecule has 5 nitrogen and oxygen atoms in total. The van der Waals surface area contributed by atoms with E-state index in [0.29, 0.717) is 0 Å². The molecule has 1 aliphatic rings. The van der Waals surface area contributed by atoms with Gasteiger partial charge in [0, 0.05) is 6.07 Å². The highest BCUT2D eigenvalue weighted by Gasteiger charge is 2.77. The lowest BCUT2D eigenvalue weighted by Gasteiger charge is -2.31. The first-order chi connectivity index (χ1) is 15.0. The summed E-state index contributed by atoms with van der Waals surface area (Å²) in [6, 6.07) is -0.172. The van der Waals surface area contributed by atoms with E-state index in [0.717, 1.165) is 0 Å². The van der Waals surface area contributed by atoms with Crippen LogP contribution in [0.2, 0.25) is 5.02 Å². The maximum atomic E-state index is 13.7. The van der Waals surface area contributed by atoms with Crippen molar-refractivity contribution in [2.24, 2.45) is 4.99 Å². The molecule has 1 aliphatic heterocycles. The van der Waals surface area contributed by atoms with E-state index in [9.17, 15) is 67.2 Å². The SMILES string of the molecule is O=[N+]([O-])c1cc(Cl)c(NC2=NC(C(F)(F)F)(C(F)(F)F)/C(=C(\F)C(F)(F)F)S2)cc1C(F)(F)F. The second-order valence-corrected chi connectivity index (χ2v) is 7.50. The number of nitrogens with one attached hydrogen (secondary N) is 1. The Hall–Kier alpha value is -2.44. The summed E-state index contributed by atoms with van der Waals surface area (Å²) in [6.45, 7) is 0. The Morgan fingerprint density at radius 3 is 1.88 bits per heavy atom. The van der Waals surface area contributed by atoms with Gasteiger partial charge >= 0.3 is 24.7 Å². The summed E-state index contributed by atoms with van der Waals surface area (Å²) >= 11 is 4.33. The smallest absolute Gasteiger partial charge is 0.333 e. The molecule has 1 aromatic rings. The van der Waals surface area contributed by atoms with Crippen LogP contribution in [0.3, 0.4) is 0 Å². The van der Waals surface area contributed by atoms with Crippen LogP contribution >= 0.6 is 23.4 Å². The van der Waals surface area contributed by atoms with Crippen molar-refractivity contribution in [2.45, 2.75) is 30.2 Å². The normalized spacial score (nSPS) is 18.6. The summed E-state index contributed by atoms with van der Waals surface area (Å²) in [5.41, 5.74) is -10.7. The van der Waals surface area contributed by atoms with Crippen LogP contribution in [0.5, 0.6) is 0 Å². The molecule has 0 aliphatic carbocycles. The van der Waals surface area contributed by atoms with Gasteiger partial charge in [-0.1, -0.05) is 23.4 Å². The van der Waals surface area contributed by atoms with Gasteiger partial charge in [-0.25, -0.2) is 9.38 Å². The van der Waals surface area contributed by atoms with Crippen LogP contribution in [0, 0.1) is 10.1 Å². The highest BCUT2D eigenvalue weighted by molar-refractivity contribution is 8.17. The van der Waals surface area contributed by atoms with Crippen molar-refractivity contribution in [2.75, 3.05) is 5.32 Å². The molecule has 34 heavy (non-hydrogen) atoms. The fourth-order valence-electron chi connectivity index (χ4n) is 2.48. The lowest BCUT2D eigenvalue weighted by Crippen LogP contribution is -2.55. The number of nitro benzene ring substituents is 1. The van der Waals surface area contributed by atoms with Crippen molar-refractivity contribution in [3.63, 3.8) is 0 Å². The third-order valence-corrected chi connectivity index (χ3v) is 5.27. The molecular formula is C14H3ClF13N3O2S. The van der Waals surface area contributed by atoms with Crippen LogP contribution in [0.4, 0.5) is 68.5 Å². The zero-order chi connectivity index (χ0) is 26.7. The third-order valence-electron chi connectivity index (χ3n) is 3.89. The number of thioether (sulfide) groups is 1. The minimum Gasteiger partial charge on any atom is -0.333 e. The van der Waals surface area contributed by atoms with Crippen LogP contribution in [0.1, 0.15) is 5.56 Å². The fraction of sp³-hybridized carbons (Fsp3) is 0.357. The first kappa shape index (κ1) is 27.8. The number of aliphatic imine (C=N–C) groups is 1. The van der Waals surface area contributed by atoms with Crippen LogP contribution < -0.4 is 5.32 Å². The van der Waals surface area contributed by atoms with E-state index in [4.69, 9.17) is 11.6 Å². The van der Waals surface area contributed by atoms with E-state index < -0.39 is 84.8 Å². The van der Waals surface area contributed by atoms with Gasteiger partial charge in [-0.05, 0) is 6.07 Å². The van der Waals surface area contributed by atoms with E-state index in [1.165, 1.54) is 5.32 Å². The molecule has 0 spiro atoms. The maximum absolute atomic E-state index is 13.7. The van der Waals surface area contributed by atoms with Crippen LogP contribution in [0.15, 0.2) is 27.9 Å². The Labute approximate surface area is 186 Å². The molecule has 0 saturated carbocycles. The molecule has 0 bridgehead atoms. The van der Waals surface area contributed by atoms with Gasteiger partial charge in [0.05, 0.1) is 20.5 Å². The van der Waals surface area contributed by atoms with E-state index in [1.807, 2.05) is 0 Å². The lowest BCUT2D eigenvalue weighted by atomic mass is 9.97. The summed E-state index contributed by atoms with van der Waals surface area (Å²) in [6.07, 6.45) is -25.2. The molecule has 1 heterocycles. The first-order valence-electron chi connectivity index (χ1n) is 7.74. The molecule has 0 fully saturated rings. The van der Waals surface area contributed by atoms with Crippen molar-refractivity contribution < 1.29 is 62.0 Å². The van der Waals surface area contributed by atoms with Crippen molar-refractivity contribution in [1.29, 1.82) is 0 Å². The topological polar surface area (TPSA) is 67.5 Å². The number of nitro groups is 1. The number of rotatable bonds is 2. The van der Waals surface area contributed by atoms with Crippen molar-refractivity contribution in [3.05, 3.63) is 43.6 Å². The molecule has 1 aromatic carbocycles. The van der Waals surface area contributed by atoms with Crippen LogP contribution in [-0.4, -0.2) is 34.2 Å². The molecule has 0 aromatic heterocycles. The molecule has 0 radical (unpaired) electrons. The largest absolute Gasteiger partial charge is 0.443 e. The Morgan fingerprint density at radius 2 is 1.50 bits per heavy atom. The Morgan fingerprint density at radius 1 is 1.00 bits per heavy atom. The van der Waals surface area contributed by atoms with Crippen LogP contribution in [-0.2, 0) is 6.18 Å². The zero-order valence-electron chi connectivity index (χ0n) is 15.1. The average Bonchev–Trinajstić information content (AvgIpc) is 3.01. The first-order valence-corrected chi connectivity index (χ1v) is 8.94. The van der Waals surface area contributed by atoms with Gasteiger partial charge in [0.25, 0.3) is 11.2 Å². The molecule has 1 N–H and O–H groups in total. The fourth-order valence-corrected chi connectivity index (χ4v) is 3.85. The number of amidine groups is 1. The lowest BCUT2D eigenvalue weighted by molar-refractivity contribution is -0.388. The van der Waals surface area contributed by atoms with Gasteiger partial charge in [-0.2, -0.15) is 52.7 Å². The summed E-state index contributed by atoms with van der Waals surface area (Å²) in [4.78, 5) is 8.34. The number of anilines is 1. The minimum atomic E-state index is -6.70. The number of alkyl halides is 12. The molecule has 190 valence electrons. The number of halogens is 14. The number of hydrogen-bond donors (Lipinski definition) is 1. The zero-order valence-corrected chi connectivity index (χ0v) is 16.6. The van der Waals surface area contributed by atoms with Crippen LogP contribution in [0.25, 0.3) is 0 Å². The molecule has 2 rings (SSSR count). The van der Waals surface area contributed by atoms with Gasteiger partial charge in [-0.15, -0.1) is 0 Å². The van der Waals surface area contributed by atoms with Crippen molar-refractivity contribution >= 4 is 39.9 Å². The summed E-state index contributed by atoms with van der Waals surface area (Å²) < 4.78 is 171. The summed E-state index contributed by atoms with van der Waals surface area (Å²) in [5, 5.41) is 9.35. The highest BCUT2D eigenvalue weighted by atomic mass is 35.5. The monoisotopic (exact) mass is 559 g/mol. The second-order valence-electron chi connectivity index (χ2n) is 6.09. The van der Waals surface area contributed by atoms with Gasteiger partial charge in [0.15, 0.2) is 5.17 Å². The number of benzene rings is 1. The summed E-state index contributed by atoms with van der Waals surface area (Å²) in [5.74, 6) is -3.81. The van der Waals surface area contributed by atoms with E-state index in [-0.39, 0.29) is 12.1 Å². The van der Waals surface area contributed by atoms with Gasteiger partial charge in [0.2, 0.25) is 5.83 Å². The maximum Gasteiger partial charge on any atom is 0.443 e. The van der Waals surface area contributed by atoms with E-state index in [2.05, 4.69) is 4.99 Å². The predicted octanol–water partition coefficient (Wildman–Crippen LogP) is 7.39. The number of hydrogen-bond acceptors (Lipinski definition) is 5. The summed E-state index contributed by atoms with van der Waals surface area (Å²) in [7, 11) is 0. The second kappa shape index (κ2) is 8.35. The number of nitrogens with zero attached hydrogens (tertiary/aromatic N) is 2. The van der Waals surface area contributed by atoms with E-state index >= 15 is 0 Å². The molecule has 0 amide bonds. The predicted molar refractivity (Wildman–Crippen MR) is 90.8 cm³/mol. The highest BCUT2D eigenvalue weighted by Crippen LogP contribution is 2.59. The average molecular weight is 560 g/mol. The molecule has 0 saturated heterocycles. The minimum absolute atomic E-state index is 0.0285. The van der Waals surface area contributed by atoms with Gasteiger partial charge in [0.1, 0.15) is 5.56 Å². The van der Waals surface area contributed by atoms with Gasteiger partial charge in [-0.3, -0.25) is 10.1 Å². The Balaban J connectivity index is 2.77. The quantitative estimate of drug-likeness (QED) is 0.233. The number of allylic oxidation sites excluding steroid dienone is 1. The standard InChI is InChI=1S/C14H3ClF13N3O2S/c15-4-2-6(31(32)33)3(11(17,18)19)1-5(4)29-9-30-10(13(23,24)25,14(26,27)28)8(34-9)7(16)12(20,21)22/h1-2H,(H,29,30)/b8-7+. The Kier molecular flexibility index (Phi) is 6.83. The van der Waals surface area contributed by atoms with Gasteiger partial charge < -0.3 is 5.32 Å². The molecular weight excluding hydrogens is 557 g/mol. The molecule has 0 unspecified atom stereocenters. The third kappa shape index (κ3) is 4.84. The molecule has 0 atom stereocenters.